The quantitative estimate of drug-likeness (QED) is 0.608. The van der Waals surface area contributed by atoms with Crippen molar-refractivity contribution in [2.24, 2.45) is 0 Å². The van der Waals surface area contributed by atoms with Gasteiger partial charge in [-0.25, -0.2) is 0 Å². The number of carbonyl (C=O) groups excluding carboxylic acids is 2. The lowest BCUT2D eigenvalue weighted by atomic mass is 9.86. The van der Waals surface area contributed by atoms with Crippen molar-refractivity contribution in [1.82, 2.24) is 15.1 Å². The molecule has 2 fully saturated rings. The number of nitrogens with zero attached hydrogens (tertiary/aromatic N) is 2. The zero-order valence-electron chi connectivity index (χ0n) is 20.6. The molecular weight excluding hydrogens is 434 g/mol. The monoisotopic (exact) mass is 469 g/mol. The fourth-order valence-electron chi connectivity index (χ4n) is 5.66. The van der Waals surface area contributed by atoms with E-state index in [0.29, 0.717) is 6.54 Å². The molecule has 0 radical (unpaired) electrons. The van der Waals surface area contributed by atoms with Crippen molar-refractivity contribution >= 4 is 29.5 Å². The van der Waals surface area contributed by atoms with E-state index in [1.807, 2.05) is 0 Å². The van der Waals surface area contributed by atoms with Gasteiger partial charge in [-0.2, -0.15) is 0 Å². The molecule has 0 aromatic heterocycles. The highest BCUT2D eigenvalue weighted by Gasteiger charge is 2.29. The molecule has 182 valence electrons. The normalized spacial score (nSPS) is 20.1. The molecule has 2 saturated heterocycles. The Morgan fingerprint density at radius 1 is 0.943 bits per heavy atom. The Kier molecular flexibility index (Phi) is 7.26. The SMILES string of the molecule is CC(=O)N(CCN1CCC(=C2c3ccccc3C=Cc3ccccc32)CC1)C(=O)C1CCCCN1. The van der Waals surface area contributed by atoms with Gasteiger partial charge in [-0.3, -0.25) is 14.5 Å². The van der Waals surface area contributed by atoms with Crippen LogP contribution < -0.4 is 5.32 Å². The van der Waals surface area contributed by atoms with Crippen LogP contribution in [0.5, 0.6) is 0 Å². The number of amides is 2. The van der Waals surface area contributed by atoms with Gasteiger partial charge in [0, 0.05) is 33.1 Å². The van der Waals surface area contributed by atoms with E-state index in [0.717, 1.165) is 58.3 Å². The summed E-state index contributed by atoms with van der Waals surface area (Å²) in [6, 6.07) is 17.1. The van der Waals surface area contributed by atoms with Crippen molar-refractivity contribution in [1.29, 1.82) is 0 Å². The summed E-state index contributed by atoms with van der Waals surface area (Å²) in [5.74, 6) is -0.211. The first-order valence-corrected chi connectivity index (χ1v) is 13.0. The van der Waals surface area contributed by atoms with Crippen molar-refractivity contribution in [3.05, 3.63) is 76.4 Å². The van der Waals surface area contributed by atoms with Crippen LogP contribution in [0, 0.1) is 0 Å². The van der Waals surface area contributed by atoms with Crippen molar-refractivity contribution in [2.45, 2.75) is 45.1 Å². The van der Waals surface area contributed by atoms with E-state index in [1.165, 1.54) is 45.2 Å². The van der Waals surface area contributed by atoms with Gasteiger partial charge < -0.3 is 10.2 Å². The first-order valence-electron chi connectivity index (χ1n) is 13.0. The maximum atomic E-state index is 12.9. The van der Waals surface area contributed by atoms with E-state index >= 15 is 0 Å². The van der Waals surface area contributed by atoms with Crippen LogP contribution in [0.3, 0.4) is 0 Å². The molecule has 1 atom stereocenters. The maximum Gasteiger partial charge on any atom is 0.246 e. The summed E-state index contributed by atoms with van der Waals surface area (Å²) in [4.78, 5) is 29.1. The van der Waals surface area contributed by atoms with Crippen LogP contribution in [0.2, 0.25) is 0 Å². The van der Waals surface area contributed by atoms with Gasteiger partial charge in [0.1, 0.15) is 0 Å². The van der Waals surface area contributed by atoms with Gasteiger partial charge in [-0.15, -0.1) is 0 Å². The standard InChI is InChI=1S/C30H35N3O2/c1-22(34)33(30(35)28-12-6-7-17-31-28)21-20-32-18-15-25(16-19-32)29-26-10-4-2-8-23(26)13-14-24-9-3-5-11-27(24)29/h2-5,8-11,13-14,28,31H,6-7,12,15-21H2,1H3. The summed E-state index contributed by atoms with van der Waals surface area (Å²) in [7, 11) is 0. The molecule has 0 saturated carbocycles. The first kappa shape index (κ1) is 23.7. The summed E-state index contributed by atoms with van der Waals surface area (Å²) in [6.45, 7) is 5.45. The van der Waals surface area contributed by atoms with E-state index in [1.54, 1.807) is 0 Å². The largest absolute Gasteiger partial charge is 0.306 e. The van der Waals surface area contributed by atoms with Crippen molar-refractivity contribution in [3.8, 4) is 0 Å². The van der Waals surface area contributed by atoms with E-state index in [4.69, 9.17) is 0 Å². The zero-order valence-corrected chi connectivity index (χ0v) is 20.6. The smallest absolute Gasteiger partial charge is 0.246 e. The van der Waals surface area contributed by atoms with Crippen LogP contribution in [0.4, 0.5) is 0 Å². The fraction of sp³-hybridized carbons (Fsp3) is 0.400. The first-order chi connectivity index (χ1) is 17.1. The molecule has 2 aromatic carbocycles. The molecule has 2 aromatic rings. The van der Waals surface area contributed by atoms with Crippen LogP contribution in [0.25, 0.3) is 17.7 Å². The van der Waals surface area contributed by atoms with Gasteiger partial charge in [0.15, 0.2) is 0 Å². The van der Waals surface area contributed by atoms with Gasteiger partial charge >= 0.3 is 0 Å². The van der Waals surface area contributed by atoms with Crippen molar-refractivity contribution in [2.75, 3.05) is 32.7 Å². The predicted octanol–water partition coefficient (Wildman–Crippen LogP) is 4.59. The Labute approximate surface area is 208 Å². The minimum atomic E-state index is -0.214. The van der Waals surface area contributed by atoms with Crippen LogP contribution in [-0.2, 0) is 9.59 Å². The second-order valence-corrected chi connectivity index (χ2v) is 9.84. The summed E-state index contributed by atoms with van der Waals surface area (Å²) in [6.07, 6.45) is 9.41. The van der Waals surface area contributed by atoms with Crippen LogP contribution in [0.1, 0.15) is 61.3 Å². The second-order valence-electron chi connectivity index (χ2n) is 9.84. The minimum absolute atomic E-state index is 0.0591. The lowest BCUT2D eigenvalue weighted by Gasteiger charge is -2.33. The minimum Gasteiger partial charge on any atom is -0.306 e. The van der Waals surface area contributed by atoms with Crippen LogP contribution in [0.15, 0.2) is 54.1 Å². The third-order valence-corrected chi connectivity index (χ3v) is 7.61. The lowest BCUT2D eigenvalue weighted by Crippen LogP contribution is -2.52. The molecule has 0 spiro atoms. The van der Waals surface area contributed by atoms with Crippen LogP contribution >= 0.6 is 0 Å². The third-order valence-electron chi connectivity index (χ3n) is 7.61. The van der Waals surface area contributed by atoms with Gasteiger partial charge in [-0.05, 0) is 60.1 Å². The maximum absolute atomic E-state index is 12.9. The number of fused-ring (bicyclic) bond motifs is 2. The average Bonchev–Trinajstić information content (AvgIpc) is 3.06. The van der Waals surface area contributed by atoms with Crippen molar-refractivity contribution < 1.29 is 9.59 Å². The molecule has 1 aliphatic carbocycles. The molecule has 5 heteroatoms. The Hall–Kier alpha value is -3.02. The summed E-state index contributed by atoms with van der Waals surface area (Å²) in [5, 5.41) is 3.29. The number of likely N-dealkylation sites (tertiary alicyclic amines) is 1. The van der Waals surface area contributed by atoms with Gasteiger partial charge in [0.25, 0.3) is 0 Å². The Bertz CT molecular complexity index is 1100. The molecular formula is C30H35N3O2. The van der Waals surface area contributed by atoms with Gasteiger partial charge in [0.2, 0.25) is 11.8 Å². The zero-order chi connectivity index (χ0) is 24.2. The number of carbonyl (C=O) groups is 2. The van der Waals surface area contributed by atoms with E-state index in [9.17, 15) is 9.59 Å². The molecule has 5 rings (SSSR count). The van der Waals surface area contributed by atoms with E-state index in [-0.39, 0.29) is 17.9 Å². The summed E-state index contributed by atoms with van der Waals surface area (Å²) < 4.78 is 0. The number of imide groups is 1. The lowest BCUT2D eigenvalue weighted by molar-refractivity contribution is -0.145. The number of nitrogens with one attached hydrogen (secondary N) is 1. The highest BCUT2D eigenvalue weighted by molar-refractivity contribution is 5.97. The number of hydrogen-bond donors (Lipinski definition) is 1. The average molecular weight is 470 g/mol. The van der Waals surface area contributed by atoms with Crippen molar-refractivity contribution in [3.63, 3.8) is 0 Å². The van der Waals surface area contributed by atoms with E-state index in [2.05, 4.69) is 70.9 Å². The van der Waals surface area contributed by atoms with E-state index < -0.39 is 0 Å². The Morgan fingerprint density at radius 3 is 2.14 bits per heavy atom. The third kappa shape index (κ3) is 5.16. The summed E-state index contributed by atoms with van der Waals surface area (Å²) >= 11 is 0. The predicted molar refractivity (Wildman–Crippen MR) is 142 cm³/mol. The molecule has 35 heavy (non-hydrogen) atoms. The Balaban J connectivity index is 1.30. The molecule has 3 aliphatic rings. The Morgan fingerprint density at radius 2 is 1.57 bits per heavy atom. The molecule has 2 heterocycles. The number of piperidine rings is 2. The molecule has 2 amide bonds. The second kappa shape index (κ2) is 10.7. The van der Waals surface area contributed by atoms with Gasteiger partial charge in [0.05, 0.1) is 6.04 Å². The van der Waals surface area contributed by atoms with Gasteiger partial charge in [-0.1, -0.05) is 72.7 Å². The molecule has 2 aliphatic heterocycles. The molecule has 1 unspecified atom stereocenters. The molecule has 0 bridgehead atoms. The number of hydrogen-bond acceptors (Lipinski definition) is 4. The summed E-state index contributed by atoms with van der Waals surface area (Å²) in [5.41, 5.74) is 8.03. The number of benzene rings is 2. The molecule has 1 N–H and O–H groups in total. The number of rotatable bonds is 4. The fourth-order valence-corrected chi connectivity index (χ4v) is 5.66. The topological polar surface area (TPSA) is 52.7 Å². The highest BCUT2D eigenvalue weighted by Crippen LogP contribution is 2.38. The molecule has 5 nitrogen and oxygen atoms in total. The van der Waals surface area contributed by atoms with Crippen LogP contribution in [-0.4, -0.2) is 60.4 Å². The highest BCUT2D eigenvalue weighted by atomic mass is 16.2.